The SMILES string of the molecule is CON(C)C(=O)c1ccc2ncn(-c3cccc(COC4CCCCO4)c3)c2c1. The van der Waals surface area contributed by atoms with Gasteiger partial charge in [0.1, 0.15) is 6.33 Å². The number of carbonyl (C=O) groups is 1. The third-order valence-corrected chi connectivity index (χ3v) is 5.12. The van der Waals surface area contributed by atoms with Gasteiger partial charge in [0.2, 0.25) is 0 Å². The molecule has 1 amide bonds. The lowest BCUT2D eigenvalue weighted by molar-refractivity contribution is -0.168. The average Bonchev–Trinajstić information content (AvgIpc) is 3.21. The largest absolute Gasteiger partial charge is 0.353 e. The number of imidazole rings is 1. The molecule has 0 radical (unpaired) electrons. The molecule has 29 heavy (non-hydrogen) atoms. The summed E-state index contributed by atoms with van der Waals surface area (Å²) in [5.41, 5.74) is 4.23. The van der Waals surface area contributed by atoms with Crippen molar-refractivity contribution in [2.75, 3.05) is 20.8 Å². The topological polar surface area (TPSA) is 65.8 Å². The standard InChI is InChI=1S/C22H25N3O4/c1-24(27-2)22(26)17-9-10-19-20(13-17)25(15-23-19)18-7-5-6-16(12-18)14-29-21-8-3-4-11-28-21/h5-7,9-10,12-13,15,21H,3-4,8,11,14H2,1-2H3. The lowest BCUT2D eigenvalue weighted by Crippen LogP contribution is -2.25. The Kier molecular flexibility index (Phi) is 5.89. The Morgan fingerprint density at radius 1 is 1.28 bits per heavy atom. The minimum atomic E-state index is -0.211. The van der Waals surface area contributed by atoms with Gasteiger partial charge >= 0.3 is 0 Å². The fourth-order valence-electron chi connectivity index (χ4n) is 3.44. The minimum Gasteiger partial charge on any atom is -0.353 e. The summed E-state index contributed by atoms with van der Waals surface area (Å²) < 4.78 is 13.5. The molecule has 0 saturated carbocycles. The van der Waals surface area contributed by atoms with Crippen molar-refractivity contribution in [2.24, 2.45) is 0 Å². The van der Waals surface area contributed by atoms with Crippen molar-refractivity contribution in [1.29, 1.82) is 0 Å². The molecule has 0 spiro atoms. The van der Waals surface area contributed by atoms with Crippen molar-refractivity contribution in [1.82, 2.24) is 14.6 Å². The second-order valence-corrected chi connectivity index (χ2v) is 7.08. The van der Waals surface area contributed by atoms with Crippen LogP contribution in [0.3, 0.4) is 0 Å². The van der Waals surface area contributed by atoms with Crippen LogP contribution in [-0.2, 0) is 20.9 Å². The molecule has 0 bridgehead atoms. The Bertz CT molecular complexity index is 995. The van der Waals surface area contributed by atoms with Gasteiger partial charge in [0, 0.05) is 24.9 Å². The summed E-state index contributed by atoms with van der Waals surface area (Å²) in [5.74, 6) is -0.211. The van der Waals surface area contributed by atoms with Crippen LogP contribution in [0, 0.1) is 0 Å². The molecule has 4 rings (SSSR count). The fraction of sp³-hybridized carbons (Fsp3) is 0.364. The van der Waals surface area contributed by atoms with E-state index in [-0.39, 0.29) is 12.2 Å². The molecule has 1 aliphatic rings. The molecule has 7 nitrogen and oxygen atoms in total. The van der Waals surface area contributed by atoms with Gasteiger partial charge in [-0.1, -0.05) is 12.1 Å². The van der Waals surface area contributed by atoms with Crippen LogP contribution in [0.15, 0.2) is 48.8 Å². The molecule has 3 aromatic rings. The normalized spacial score (nSPS) is 16.8. The van der Waals surface area contributed by atoms with Crippen molar-refractivity contribution < 1.29 is 19.1 Å². The van der Waals surface area contributed by atoms with E-state index in [1.165, 1.54) is 12.2 Å². The Hall–Kier alpha value is -2.74. The second kappa shape index (κ2) is 8.73. The average molecular weight is 395 g/mol. The van der Waals surface area contributed by atoms with Gasteiger partial charge in [0.25, 0.3) is 5.91 Å². The van der Waals surface area contributed by atoms with Gasteiger partial charge in [-0.15, -0.1) is 0 Å². The van der Waals surface area contributed by atoms with Gasteiger partial charge < -0.3 is 9.47 Å². The highest BCUT2D eigenvalue weighted by molar-refractivity contribution is 5.97. The highest BCUT2D eigenvalue weighted by Gasteiger charge is 2.15. The number of hydrogen-bond donors (Lipinski definition) is 0. The van der Waals surface area contributed by atoms with Crippen LogP contribution in [-0.4, -0.2) is 47.6 Å². The van der Waals surface area contributed by atoms with Crippen molar-refractivity contribution in [2.45, 2.75) is 32.2 Å². The summed E-state index contributed by atoms with van der Waals surface area (Å²) in [7, 11) is 3.05. The van der Waals surface area contributed by atoms with Crippen LogP contribution in [0.2, 0.25) is 0 Å². The molecule has 0 N–H and O–H groups in total. The first-order valence-corrected chi connectivity index (χ1v) is 9.77. The molecule has 1 atom stereocenters. The van der Waals surface area contributed by atoms with Crippen LogP contribution in [0.4, 0.5) is 0 Å². The fourth-order valence-corrected chi connectivity index (χ4v) is 3.44. The van der Waals surface area contributed by atoms with Crippen LogP contribution >= 0.6 is 0 Å². The number of rotatable bonds is 6. The maximum absolute atomic E-state index is 12.4. The van der Waals surface area contributed by atoms with Gasteiger partial charge in [0.15, 0.2) is 6.29 Å². The highest BCUT2D eigenvalue weighted by atomic mass is 16.7. The number of fused-ring (bicyclic) bond motifs is 1. The maximum atomic E-state index is 12.4. The quantitative estimate of drug-likeness (QED) is 0.596. The molecule has 152 valence electrons. The number of nitrogens with zero attached hydrogens (tertiary/aromatic N) is 3. The Balaban J connectivity index is 1.58. The van der Waals surface area contributed by atoms with Crippen molar-refractivity contribution in [3.8, 4) is 5.69 Å². The maximum Gasteiger partial charge on any atom is 0.277 e. The predicted molar refractivity (Wildman–Crippen MR) is 109 cm³/mol. The van der Waals surface area contributed by atoms with Crippen LogP contribution in [0.25, 0.3) is 16.7 Å². The smallest absolute Gasteiger partial charge is 0.277 e. The summed E-state index contributed by atoms with van der Waals surface area (Å²) in [6.45, 7) is 1.26. The summed E-state index contributed by atoms with van der Waals surface area (Å²) in [6.07, 6.45) is 4.84. The number of benzene rings is 2. The van der Waals surface area contributed by atoms with Crippen LogP contribution < -0.4 is 0 Å². The number of carbonyl (C=O) groups excluding carboxylic acids is 1. The lowest BCUT2D eigenvalue weighted by atomic mass is 10.1. The molecule has 1 aromatic heterocycles. The van der Waals surface area contributed by atoms with Crippen molar-refractivity contribution >= 4 is 16.9 Å². The van der Waals surface area contributed by atoms with E-state index >= 15 is 0 Å². The Morgan fingerprint density at radius 2 is 2.17 bits per heavy atom. The van der Waals surface area contributed by atoms with E-state index < -0.39 is 0 Å². The lowest BCUT2D eigenvalue weighted by Gasteiger charge is -2.22. The summed E-state index contributed by atoms with van der Waals surface area (Å²) >= 11 is 0. The summed E-state index contributed by atoms with van der Waals surface area (Å²) in [6, 6.07) is 13.5. The van der Waals surface area contributed by atoms with E-state index in [0.29, 0.717) is 12.2 Å². The molecule has 1 saturated heterocycles. The predicted octanol–water partition coefficient (Wildman–Crippen LogP) is 3.70. The van der Waals surface area contributed by atoms with E-state index in [1.54, 1.807) is 19.4 Å². The molecule has 2 aromatic carbocycles. The van der Waals surface area contributed by atoms with Crippen LogP contribution in [0.1, 0.15) is 35.2 Å². The van der Waals surface area contributed by atoms with Gasteiger partial charge in [0.05, 0.1) is 24.8 Å². The molecular formula is C22H25N3O4. The third kappa shape index (κ3) is 4.32. The molecule has 7 heteroatoms. The zero-order valence-electron chi connectivity index (χ0n) is 16.7. The summed E-state index contributed by atoms with van der Waals surface area (Å²) in [4.78, 5) is 21.9. The van der Waals surface area contributed by atoms with E-state index in [2.05, 4.69) is 11.1 Å². The zero-order chi connectivity index (χ0) is 20.2. The first-order valence-electron chi connectivity index (χ1n) is 9.77. The molecule has 1 unspecified atom stereocenters. The van der Waals surface area contributed by atoms with Gasteiger partial charge in [-0.3, -0.25) is 14.2 Å². The number of ether oxygens (including phenoxy) is 2. The molecule has 1 fully saturated rings. The second-order valence-electron chi connectivity index (χ2n) is 7.08. The third-order valence-electron chi connectivity index (χ3n) is 5.12. The van der Waals surface area contributed by atoms with Gasteiger partial charge in [-0.2, -0.15) is 0 Å². The molecule has 1 aliphatic heterocycles. The Morgan fingerprint density at radius 3 is 2.97 bits per heavy atom. The number of aromatic nitrogens is 2. The van der Waals surface area contributed by atoms with Gasteiger partial charge in [-0.25, -0.2) is 10.0 Å². The molecule has 2 heterocycles. The van der Waals surface area contributed by atoms with E-state index in [0.717, 1.165) is 48.2 Å². The van der Waals surface area contributed by atoms with E-state index in [4.69, 9.17) is 14.3 Å². The monoisotopic (exact) mass is 395 g/mol. The van der Waals surface area contributed by atoms with E-state index in [9.17, 15) is 4.79 Å². The number of hydroxylamine groups is 2. The first-order chi connectivity index (χ1) is 14.2. The van der Waals surface area contributed by atoms with Crippen molar-refractivity contribution in [3.63, 3.8) is 0 Å². The number of amides is 1. The molecule has 0 aliphatic carbocycles. The van der Waals surface area contributed by atoms with Crippen molar-refractivity contribution in [3.05, 3.63) is 59.9 Å². The zero-order valence-corrected chi connectivity index (χ0v) is 16.7. The Labute approximate surface area is 169 Å². The first kappa shape index (κ1) is 19.6. The van der Waals surface area contributed by atoms with Crippen LogP contribution in [0.5, 0.6) is 0 Å². The minimum absolute atomic E-state index is 0.118. The highest BCUT2D eigenvalue weighted by Crippen LogP contribution is 2.22. The number of hydrogen-bond acceptors (Lipinski definition) is 5. The van der Waals surface area contributed by atoms with E-state index in [1.807, 2.05) is 34.9 Å². The molecular weight excluding hydrogens is 370 g/mol. The van der Waals surface area contributed by atoms with Gasteiger partial charge in [-0.05, 0) is 55.2 Å². The summed E-state index contributed by atoms with van der Waals surface area (Å²) in [5, 5.41) is 1.20.